The zero-order valence-electron chi connectivity index (χ0n) is 17.9. The van der Waals surface area contributed by atoms with Crippen molar-refractivity contribution in [3.05, 3.63) is 65.8 Å². The standard InChI is InChI=1S/C23H21F3N4O4/c24-18-12-15(20-27-28-21(34-20)19(25)26)6-7-16(18)13-30(17-4-2-1-3-5-17)22(31)14-8-10-29(11-9-14)23(32)33/h1-7,12,14,19H,8-11,13H2,(H,32,33). The fourth-order valence-electron chi connectivity index (χ4n) is 3.86. The molecule has 1 aliphatic heterocycles. The van der Waals surface area contributed by atoms with Crippen LogP contribution >= 0.6 is 0 Å². The van der Waals surface area contributed by atoms with Crippen LogP contribution in [0, 0.1) is 11.7 Å². The number of halogens is 3. The molecule has 8 nitrogen and oxygen atoms in total. The fraction of sp³-hybridized carbons (Fsp3) is 0.304. The second-order valence-electron chi connectivity index (χ2n) is 7.86. The van der Waals surface area contributed by atoms with E-state index >= 15 is 0 Å². The number of piperidine rings is 1. The molecule has 34 heavy (non-hydrogen) atoms. The van der Waals surface area contributed by atoms with Crippen molar-refractivity contribution >= 4 is 17.7 Å². The number of hydrogen-bond acceptors (Lipinski definition) is 5. The summed E-state index contributed by atoms with van der Waals surface area (Å²) in [6, 6.07) is 12.8. The van der Waals surface area contributed by atoms with E-state index in [-0.39, 0.29) is 42.6 Å². The molecule has 1 aromatic heterocycles. The molecule has 1 fully saturated rings. The monoisotopic (exact) mass is 474 g/mol. The number of hydrogen-bond donors (Lipinski definition) is 1. The zero-order valence-corrected chi connectivity index (χ0v) is 17.9. The number of alkyl halides is 2. The van der Waals surface area contributed by atoms with Crippen LogP contribution in [0.4, 0.5) is 23.7 Å². The van der Waals surface area contributed by atoms with Crippen molar-refractivity contribution in [2.45, 2.75) is 25.8 Å². The van der Waals surface area contributed by atoms with E-state index in [1.54, 1.807) is 30.3 Å². The molecule has 0 atom stereocenters. The van der Waals surface area contributed by atoms with Gasteiger partial charge in [-0.25, -0.2) is 9.18 Å². The van der Waals surface area contributed by atoms with Gasteiger partial charge in [-0.1, -0.05) is 24.3 Å². The van der Waals surface area contributed by atoms with E-state index in [9.17, 15) is 22.8 Å². The van der Waals surface area contributed by atoms with Gasteiger partial charge in [0, 0.05) is 35.8 Å². The van der Waals surface area contributed by atoms with Gasteiger partial charge in [0.2, 0.25) is 11.8 Å². The Kier molecular flexibility index (Phi) is 6.80. The van der Waals surface area contributed by atoms with Crippen LogP contribution in [0.15, 0.2) is 52.9 Å². The molecular formula is C23H21F3N4O4. The third-order valence-electron chi connectivity index (χ3n) is 5.70. The highest BCUT2D eigenvalue weighted by Gasteiger charge is 2.31. The summed E-state index contributed by atoms with van der Waals surface area (Å²) in [4.78, 5) is 27.3. The summed E-state index contributed by atoms with van der Waals surface area (Å²) >= 11 is 0. The maximum absolute atomic E-state index is 15.0. The third-order valence-corrected chi connectivity index (χ3v) is 5.70. The summed E-state index contributed by atoms with van der Waals surface area (Å²) in [6.07, 6.45) is -3.20. The number of para-hydroxylation sites is 1. The third kappa shape index (κ3) is 5.03. The van der Waals surface area contributed by atoms with Gasteiger partial charge < -0.3 is 19.3 Å². The van der Waals surface area contributed by atoms with E-state index in [4.69, 9.17) is 9.52 Å². The van der Waals surface area contributed by atoms with Crippen LogP contribution in [-0.4, -0.2) is 45.3 Å². The molecule has 0 spiro atoms. The minimum atomic E-state index is -2.93. The van der Waals surface area contributed by atoms with Crippen LogP contribution in [-0.2, 0) is 11.3 Å². The Morgan fingerprint density at radius 2 is 1.82 bits per heavy atom. The van der Waals surface area contributed by atoms with E-state index in [1.807, 2.05) is 0 Å². The van der Waals surface area contributed by atoms with E-state index in [1.165, 1.54) is 21.9 Å². The van der Waals surface area contributed by atoms with Crippen molar-refractivity contribution in [2.75, 3.05) is 18.0 Å². The highest BCUT2D eigenvalue weighted by Crippen LogP contribution is 2.28. The average molecular weight is 474 g/mol. The molecule has 2 amide bonds. The summed E-state index contributed by atoms with van der Waals surface area (Å²) in [5.74, 6) is -2.37. The molecule has 0 aliphatic carbocycles. The Morgan fingerprint density at radius 3 is 2.41 bits per heavy atom. The second kappa shape index (κ2) is 9.94. The first-order valence-electron chi connectivity index (χ1n) is 10.6. The van der Waals surface area contributed by atoms with Crippen molar-refractivity contribution in [1.29, 1.82) is 0 Å². The molecule has 0 bridgehead atoms. The summed E-state index contributed by atoms with van der Waals surface area (Å²) in [5, 5.41) is 15.9. The van der Waals surface area contributed by atoms with Gasteiger partial charge in [-0.15, -0.1) is 10.2 Å². The van der Waals surface area contributed by atoms with Gasteiger partial charge in [0.1, 0.15) is 5.82 Å². The summed E-state index contributed by atoms with van der Waals surface area (Å²) in [6.45, 7) is 0.435. The first-order valence-corrected chi connectivity index (χ1v) is 10.6. The van der Waals surface area contributed by atoms with Crippen molar-refractivity contribution < 1.29 is 32.3 Å². The van der Waals surface area contributed by atoms with Crippen LogP contribution < -0.4 is 4.90 Å². The van der Waals surface area contributed by atoms with E-state index in [0.29, 0.717) is 18.5 Å². The van der Waals surface area contributed by atoms with Crippen molar-refractivity contribution in [3.63, 3.8) is 0 Å². The number of benzene rings is 2. The molecule has 2 aromatic carbocycles. The Bertz CT molecular complexity index is 1160. The number of carbonyl (C=O) groups is 2. The molecule has 1 aliphatic rings. The smallest absolute Gasteiger partial charge is 0.407 e. The Hall–Kier alpha value is -3.89. The lowest BCUT2D eigenvalue weighted by Crippen LogP contribution is -2.44. The van der Waals surface area contributed by atoms with Crippen LogP contribution in [0.25, 0.3) is 11.5 Å². The minimum Gasteiger partial charge on any atom is -0.465 e. The molecule has 0 unspecified atom stereocenters. The lowest BCUT2D eigenvalue weighted by molar-refractivity contribution is -0.123. The van der Waals surface area contributed by atoms with Crippen molar-refractivity contribution in [1.82, 2.24) is 15.1 Å². The predicted octanol–water partition coefficient (Wildman–Crippen LogP) is 4.74. The second-order valence-corrected chi connectivity index (χ2v) is 7.86. The highest BCUT2D eigenvalue weighted by atomic mass is 19.3. The van der Waals surface area contributed by atoms with Gasteiger partial charge in [-0.05, 0) is 37.1 Å². The summed E-state index contributed by atoms with van der Waals surface area (Å²) in [5.41, 5.74) is 0.923. The number of rotatable bonds is 6. The number of likely N-dealkylation sites (tertiary alicyclic amines) is 1. The number of nitrogens with zero attached hydrogens (tertiary/aromatic N) is 4. The molecule has 2 heterocycles. The van der Waals surface area contributed by atoms with Crippen LogP contribution in [0.3, 0.4) is 0 Å². The number of aromatic nitrogens is 2. The number of carbonyl (C=O) groups excluding carboxylic acids is 1. The molecule has 1 saturated heterocycles. The quantitative estimate of drug-likeness (QED) is 0.554. The predicted molar refractivity (Wildman–Crippen MR) is 115 cm³/mol. The number of amides is 2. The molecular weight excluding hydrogens is 453 g/mol. The summed E-state index contributed by atoms with van der Waals surface area (Å²) in [7, 11) is 0. The number of carboxylic acid groups (broad SMARTS) is 1. The SMILES string of the molecule is O=C(O)N1CCC(C(=O)N(Cc2ccc(-c3nnc(C(F)F)o3)cc2F)c2ccccc2)CC1. The van der Waals surface area contributed by atoms with Gasteiger partial charge in [0.15, 0.2) is 0 Å². The molecule has 1 N–H and O–H groups in total. The molecule has 0 saturated carbocycles. The molecule has 0 radical (unpaired) electrons. The van der Waals surface area contributed by atoms with E-state index in [0.717, 1.165) is 6.07 Å². The van der Waals surface area contributed by atoms with Gasteiger partial charge in [-0.2, -0.15) is 8.78 Å². The van der Waals surface area contributed by atoms with E-state index < -0.39 is 30.1 Å². The van der Waals surface area contributed by atoms with Crippen LogP contribution in [0.5, 0.6) is 0 Å². The number of anilines is 1. The van der Waals surface area contributed by atoms with Gasteiger partial charge in [0.25, 0.3) is 5.89 Å². The van der Waals surface area contributed by atoms with Gasteiger partial charge in [-0.3, -0.25) is 4.79 Å². The Morgan fingerprint density at radius 1 is 1.12 bits per heavy atom. The molecule has 4 rings (SSSR count). The lowest BCUT2D eigenvalue weighted by atomic mass is 9.95. The van der Waals surface area contributed by atoms with Crippen LogP contribution in [0.2, 0.25) is 0 Å². The van der Waals surface area contributed by atoms with Crippen molar-refractivity contribution in [3.8, 4) is 11.5 Å². The molecule has 178 valence electrons. The Balaban J connectivity index is 1.56. The normalized spacial score (nSPS) is 14.4. The molecule has 3 aromatic rings. The first-order chi connectivity index (χ1) is 16.3. The molecule has 11 heteroatoms. The first kappa shape index (κ1) is 23.3. The Labute approximate surface area is 192 Å². The largest absolute Gasteiger partial charge is 0.465 e. The summed E-state index contributed by atoms with van der Waals surface area (Å²) < 4.78 is 45.2. The zero-order chi connectivity index (χ0) is 24.2. The van der Waals surface area contributed by atoms with Gasteiger partial charge in [0.05, 0.1) is 6.54 Å². The van der Waals surface area contributed by atoms with Crippen molar-refractivity contribution in [2.24, 2.45) is 5.92 Å². The van der Waals surface area contributed by atoms with Gasteiger partial charge >= 0.3 is 12.5 Å². The lowest BCUT2D eigenvalue weighted by Gasteiger charge is -2.33. The maximum Gasteiger partial charge on any atom is 0.407 e. The van der Waals surface area contributed by atoms with E-state index in [2.05, 4.69) is 10.2 Å². The van der Waals surface area contributed by atoms with Crippen LogP contribution in [0.1, 0.15) is 30.7 Å². The highest BCUT2D eigenvalue weighted by molar-refractivity contribution is 5.95. The fourth-order valence-corrected chi connectivity index (χ4v) is 3.86. The maximum atomic E-state index is 15.0. The average Bonchev–Trinajstić information content (AvgIpc) is 3.34. The topological polar surface area (TPSA) is 99.8 Å². The minimum absolute atomic E-state index is 0.0692.